The molecule has 2 saturated heterocycles. The van der Waals surface area contributed by atoms with Crippen LogP contribution in [0.3, 0.4) is 0 Å². The molecular weight excluding hydrogens is 398 g/mol. The molecule has 28 heavy (non-hydrogen) atoms. The molecule has 0 saturated carbocycles. The number of carbonyl (C=O) groups is 1. The van der Waals surface area contributed by atoms with Gasteiger partial charge in [-0.1, -0.05) is 6.42 Å². The van der Waals surface area contributed by atoms with Crippen molar-refractivity contribution in [3.63, 3.8) is 0 Å². The molecule has 1 amide bonds. The number of hydrogen-bond donors (Lipinski definition) is 2. The van der Waals surface area contributed by atoms with Crippen molar-refractivity contribution in [2.45, 2.75) is 43.1 Å². The van der Waals surface area contributed by atoms with Crippen LogP contribution in [0.4, 0.5) is 5.69 Å². The molecule has 1 aromatic carbocycles. The highest BCUT2D eigenvalue weighted by atomic mass is 32.2. The first-order valence-electron chi connectivity index (χ1n) is 9.69. The fourth-order valence-corrected chi connectivity index (χ4v) is 6.33. The van der Waals surface area contributed by atoms with Crippen LogP contribution in [0.1, 0.15) is 41.8 Å². The van der Waals surface area contributed by atoms with E-state index in [1.165, 1.54) is 15.6 Å². The van der Waals surface area contributed by atoms with Gasteiger partial charge in [-0.25, -0.2) is 8.42 Å². The van der Waals surface area contributed by atoms with Gasteiger partial charge >= 0.3 is 0 Å². The fraction of sp³-hybridized carbons (Fsp3) is 0.526. The third-order valence-corrected chi connectivity index (χ3v) is 8.45. The van der Waals surface area contributed by atoms with E-state index in [9.17, 15) is 13.2 Å². The number of rotatable bonds is 5. The van der Waals surface area contributed by atoms with Crippen molar-refractivity contribution in [2.75, 3.05) is 32.0 Å². The molecule has 0 radical (unpaired) electrons. The highest BCUT2D eigenvalue weighted by Gasteiger charge is 2.27. The number of fused-ring (bicyclic) bond motifs is 1. The number of nitrogens with one attached hydrogen (secondary N) is 1. The highest BCUT2D eigenvalue weighted by Crippen LogP contribution is 2.36. The fourth-order valence-electron chi connectivity index (χ4n) is 3.77. The van der Waals surface area contributed by atoms with Crippen molar-refractivity contribution in [1.82, 2.24) is 9.62 Å². The quantitative estimate of drug-likeness (QED) is 0.770. The SMILES string of the molecule is Nc1c(C(=O)NC[C@H]2CCCO2)sc2ccc(S(=O)(=O)N3CCCCC3)cc12. The highest BCUT2D eigenvalue weighted by molar-refractivity contribution is 7.89. The Balaban J connectivity index is 1.58. The van der Waals surface area contributed by atoms with Gasteiger partial charge in [-0.2, -0.15) is 4.31 Å². The summed E-state index contributed by atoms with van der Waals surface area (Å²) < 4.78 is 33.7. The molecule has 3 N–H and O–H groups in total. The van der Waals surface area contributed by atoms with Crippen LogP contribution >= 0.6 is 11.3 Å². The first kappa shape index (κ1) is 19.6. The van der Waals surface area contributed by atoms with Crippen molar-refractivity contribution < 1.29 is 17.9 Å². The van der Waals surface area contributed by atoms with Crippen molar-refractivity contribution >= 4 is 43.0 Å². The van der Waals surface area contributed by atoms with Crippen LogP contribution < -0.4 is 11.1 Å². The lowest BCUT2D eigenvalue weighted by Gasteiger charge is -2.25. The average Bonchev–Trinajstić information content (AvgIpc) is 3.35. The van der Waals surface area contributed by atoms with Gasteiger partial charge in [-0.05, 0) is 43.9 Å². The zero-order valence-corrected chi connectivity index (χ0v) is 17.3. The van der Waals surface area contributed by atoms with Crippen LogP contribution in [-0.4, -0.2) is 51.0 Å². The van der Waals surface area contributed by atoms with Gasteiger partial charge < -0.3 is 15.8 Å². The standard InChI is InChI=1S/C19H25N3O4S2/c20-17-15-11-14(28(24,25)22-8-2-1-3-9-22)6-7-16(15)27-18(17)19(23)21-12-13-5-4-10-26-13/h6-7,11,13H,1-5,8-10,12,20H2,(H,21,23)/t13-/m1/s1. The Morgan fingerprint density at radius 1 is 1.25 bits per heavy atom. The third kappa shape index (κ3) is 3.76. The number of nitrogen functional groups attached to an aromatic ring is 1. The molecule has 1 aromatic heterocycles. The van der Waals surface area contributed by atoms with Crippen LogP contribution in [0, 0.1) is 0 Å². The normalized spacial score (nSPS) is 21.2. The number of amides is 1. The molecule has 0 aliphatic carbocycles. The molecule has 0 unspecified atom stereocenters. The number of nitrogens with zero attached hydrogens (tertiary/aromatic N) is 1. The Hall–Kier alpha value is -1.68. The molecule has 1 atom stereocenters. The molecule has 3 heterocycles. The molecule has 4 rings (SSSR count). The predicted octanol–water partition coefficient (Wildman–Crippen LogP) is 2.57. The van der Waals surface area contributed by atoms with Crippen LogP contribution in [0.5, 0.6) is 0 Å². The van der Waals surface area contributed by atoms with Gasteiger partial charge in [0.2, 0.25) is 10.0 Å². The topological polar surface area (TPSA) is 102 Å². The Kier molecular flexibility index (Phi) is 5.59. The van der Waals surface area contributed by atoms with E-state index in [-0.39, 0.29) is 16.9 Å². The maximum absolute atomic E-state index is 12.9. The molecule has 152 valence electrons. The zero-order chi connectivity index (χ0) is 19.7. The lowest BCUT2D eigenvalue weighted by atomic mass is 10.2. The zero-order valence-electron chi connectivity index (χ0n) is 15.6. The third-order valence-electron chi connectivity index (χ3n) is 5.37. The van der Waals surface area contributed by atoms with Crippen LogP contribution in [-0.2, 0) is 14.8 Å². The number of thiophene rings is 1. The summed E-state index contributed by atoms with van der Waals surface area (Å²) in [6, 6.07) is 4.95. The Labute approximate surface area is 168 Å². The van der Waals surface area contributed by atoms with E-state index in [1.807, 2.05) is 0 Å². The van der Waals surface area contributed by atoms with Gasteiger partial charge in [0.15, 0.2) is 0 Å². The second kappa shape index (κ2) is 7.98. The molecule has 2 aliphatic rings. The van der Waals surface area contributed by atoms with Gasteiger partial charge in [0.1, 0.15) is 4.88 Å². The monoisotopic (exact) mass is 423 g/mol. The summed E-state index contributed by atoms with van der Waals surface area (Å²) in [7, 11) is -3.54. The molecule has 0 bridgehead atoms. The minimum absolute atomic E-state index is 0.0563. The number of hydrogen-bond acceptors (Lipinski definition) is 6. The average molecular weight is 424 g/mol. The van der Waals surface area contributed by atoms with Crippen LogP contribution in [0.15, 0.2) is 23.1 Å². The van der Waals surface area contributed by atoms with Gasteiger partial charge in [0.25, 0.3) is 5.91 Å². The summed E-state index contributed by atoms with van der Waals surface area (Å²) in [5.74, 6) is -0.241. The maximum Gasteiger partial charge on any atom is 0.263 e. The number of piperidine rings is 1. The summed E-state index contributed by atoms with van der Waals surface area (Å²) in [5.41, 5.74) is 6.56. The van der Waals surface area contributed by atoms with Gasteiger partial charge in [0.05, 0.1) is 16.7 Å². The van der Waals surface area contributed by atoms with Gasteiger partial charge in [0, 0.05) is 36.3 Å². The van der Waals surface area contributed by atoms with Crippen molar-refractivity contribution in [3.8, 4) is 0 Å². The molecule has 2 fully saturated rings. The molecule has 7 nitrogen and oxygen atoms in total. The number of ether oxygens (including phenoxy) is 1. The van der Waals surface area contributed by atoms with E-state index < -0.39 is 10.0 Å². The first-order valence-corrected chi connectivity index (χ1v) is 11.9. The van der Waals surface area contributed by atoms with E-state index in [1.54, 1.807) is 18.2 Å². The molecule has 0 spiro atoms. The summed E-state index contributed by atoms with van der Waals surface area (Å²) in [6.07, 6.45) is 4.85. The number of nitrogens with two attached hydrogens (primary N) is 1. The van der Waals surface area contributed by atoms with Gasteiger partial charge in [-0.15, -0.1) is 11.3 Å². The molecular formula is C19H25N3O4S2. The smallest absolute Gasteiger partial charge is 0.263 e. The second-order valence-electron chi connectivity index (χ2n) is 7.31. The lowest BCUT2D eigenvalue weighted by Crippen LogP contribution is -2.35. The summed E-state index contributed by atoms with van der Waals surface area (Å²) in [4.78, 5) is 13.2. The summed E-state index contributed by atoms with van der Waals surface area (Å²) in [5, 5.41) is 3.50. The number of sulfonamides is 1. The lowest BCUT2D eigenvalue weighted by molar-refractivity contribution is 0.0862. The van der Waals surface area contributed by atoms with E-state index >= 15 is 0 Å². The van der Waals surface area contributed by atoms with Crippen molar-refractivity contribution in [3.05, 3.63) is 23.1 Å². The Morgan fingerprint density at radius 3 is 2.75 bits per heavy atom. The molecule has 9 heteroatoms. The van der Waals surface area contributed by atoms with E-state index in [0.717, 1.165) is 43.4 Å². The van der Waals surface area contributed by atoms with E-state index in [4.69, 9.17) is 10.5 Å². The van der Waals surface area contributed by atoms with E-state index in [0.29, 0.717) is 35.6 Å². The minimum Gasteiger partial charge on any atom is -0.397 e. The van der Waals surface area contributed by atoms with Crippen molar-refractivity contribution in [2.24, 2.45) is 0 Å². The first-order chi connectivity index (χ1) is 13.5. The van der Waals surface area contributed by atoms with Crippen molar-refractivity contribution in [1.29, 1.82) is 0 Å². The van der Waals surface area contributed by atoms with Crippen LogP contribution in [0.2, 0.25) is 0 Å². The number of benzene rings is 1. The molecule has 2 aromatic rings. The number of carbonyl (C=O) groups excluding carboxylic acids is 1. The molecule has 2 aliphatic heterocycles. The summed E-state index contributed by atoms with van der Waals surface area (Å²) >= 11 is 1.28. The Morgan fingerprint density at radius 2 is 2.04 bits per heavy atom. The van der Waals surface area contributed by atoms with Gasteiger partial charge in [-0.3, -0.25) is 4.79 Å². The Bertz CT molecular complexity index is 974. The van der Waals surface area contributed by atoms with Crippen LogP contribution in [0.25, 0.3) is 10.1 Å². The number of anilines is 1. The minimum atomic E-state index is -3.54. The van der Waals surface area contributed by atoms with E-state index in [2.05, 4.69) is 5.32 Å². The largest absolute Gasteiger partial charge is 0.397 e. The maximum atomic E-state index is 12.9. The second-order valence-corrected chi connectivity index (χ2v) is 10.3. The summed E-state index contributed by atoms with van der Waals surface area (Å²) in [6.45, 7) is 2.30. The predicted molar refractivity (Wildman–Crippen MR) is 110 cm³/mol.